The first-order valence-electron chi connectivity index (χ1n) is 10.3. The molecule has 0 saturated carbocycles. The van der Waals surface area contributed by atoms with Gasteiger partial charge in [0.05, 0.1) is 11.1 Å². The van der Waals surface area contributed by atoms with Gasteiger partial charge in [0.2, 0.25) is 0 Å². The van der Waals surface area contributed by atoms with E-state index in [9.17, 15) is 9.59 Å². The van der Waals surface area contributed by atoms with E-state index in [2.05, 4.69) is 9.55 Å². The molecule has 5 rings (SSSR count). The number of rotatable bonds is 6. The fraction of sp³-hybridized carbons (Fsp3) is 0.200. The van der Waals surface area contributed by atoms with Crippen LogP contribution in [0.1, 0.15) is 17.5 Å². The first kappa shape index (κ1) is 19.3. The molecule has 0 bridgehead atoms. The van der Waals surface area contributed by atoms with Crippen LogP contribution in [-0.4, -0.2) is 47.0 Å². The summed E-state index contributed by atoms with van der Waals surface area (Å²) < 4.78 is 7.34. The highest BCUT2D eigenvalue weighted by Crippen LogP contribution is 2.40. The number of imide groups is 1. The predicted molar refractivity (Wildman–Crippen MR) is 121 cm³/mol. The maximum Gasteiger partial charge on any atom is 0.261 e. The zero-order chi connectivity index (χ0) is 21.5. The Bertz CT molecular complexity index is 1360. The summed E-state index contributed by atoms with van der Waals surface area (Å²) in [7, 11) is 3.24. The number of fused-ring (bicyclic) bond motifs is 2. The summed E-state index contributed by atoms with van der Waals surface area (Å²) >= 11 is 0. The Balaban J connectivity index is 1.76. The van der Waals surface area contributed by atoms with Crippen molar-refractivity contribution in [3.8, 4) is 0 Å². The largest absolute Gasteiger partial charge is 0.385 e. The lowest BCUT2D eigenvalue weighted by Gasteiger charge is -2.06. The van der Waals surface area contributed by atoms with Crippen LogP contribution in [0.2, 0.25) is 0 Å². The Kier molecular flexibility index (Phi) is 4.71. The molecule has 0 fully saturated rings. The molecular weight excluding hydrogens is 390 g/mol. The molecule has 1 aliphatic heterocycles. The summed E-state index contributed by atoms with van der Waals surface area (Å²) in [6.07, 6.45) is 4.67. The summed E-state index contributed by atoms with van der Waals surface area (Å²) in [5.74, 6) is -0.550. The molecule has 2 aromatic heterocycles. The first-order valence-corrected chi connectivity index (χ1v) is 10.3. The van der Waals surface area contributed by atoms with Crippen LogP contribution in [0, 0.1) is 0 Å². The van der Waals surface area contributed by atoms with Gasteiger partial charge in [0.1, 0.15) is 0 Å². The number of aryl methyl sites for hydroxylation is 1. The number of aromatic nitrogens is 2. The minimum atomic E-state index is -0.277. The molecular formula is C25H23N3O3. The molecule has 1 aliphatic rings. The number of carbonyl (C=O) groups excluding carboxylic acids is 2. The fourth-order valence-electron chi connectivity index (χ4n) is 4.43. The second kappa shape index (κ2) is 7.56. The Morgan fingerprint density at radius 3 is 2.35 bits per heavy atom. The van der Waals surface area contributed by atoms with Crippen molar-refractivity contribution < 1.29 is 14.3 Å². The number of hydrogen-bond donors (Lipinski definition) is 1. The molecule has 3 heterocycles. The molecule has 6 heteroatoms. The van der Waals surface area contributed by atoms with Crippen LogP contribution in [0.5, 0.6) is 0 Å². The molecule has 31 heavy (non-hydrogen) atoms. The number of hydrogen-bond acceptors (Lipinski definition) is 3. The van der Waals surface area contributed by atoms with Gasteiger partial charge >= 0.3 is 0 Å². The number of amides is 2. The number of aromatic amines is 1. The van der Waals surface area contributed by atoms with Gasteiger partial charge in [0.15, 0.2) is 0 Å². The van der Waals surface area contributed by atoms with Crippen molar-refractivity contribution in [2.75, 3.05) is 20.8 Å². The summed E-state index contributed by atoms with van der Waals surface area (Å²) in [4.78, 5) is 30.9. The molecule has 0 spiro atoms. The fourth-order valence-corrected chi connectivity index (χ4v) is 4.43. The molecule has 0 saturated heterocycles. The zero-order valence-electron chi connectivity index (χ0n) is 17.5. The Labute approximate surface area is 179 Å². The second-order valence-electron chi connectivity index (χ2n) is 7.77. The summed E-state index contributed by atoms with van der Waals surface area (Å²) in [6, 6.07) is 15.8. The number of ether oxygens (including phenoxy) is 1. The van der Waals surface area contributed by atoms with Gasteiger partial charge in [0, 0.05) is 72.6 Å². The van der Waals surface area contributed by atoms with Gasteiger partial charge in [-0.25, -0.2) is 0 Å². The predicted octanol–water partition coefficient (Wildman–Crippen LogP) is 4.07. The molecule has 2 amide bonds. The lowest BCUT2D eigenvalue weighted by molar-refractivity contribution is -0.134. The summed E-state index contributed by atoms with van der Waals surface area (Å²) in [5.41, 5.74) is 4.42. The van der Waals surface area contributed by atoms with Crippen molar-refractivity contribution in [3.05, 3.63) is 72.1 Å². The van der Waals surface area contributed by atoms with Crippen LogP contribution in [0.4, 0.5) is 0 Å². The van der Waals surface area contributed by atoms with Crippen LogP contribution < -0.4 is 0 Å². The van der Waals surface area contributed by atoms with Crippen LogP contribution in [0.25, 0.3) is 33.0 Å². The summed E-state index contributed by atoms with van der Waals surface area (Å²) in [5, 5.41) is 1.89. The average molecular weight is 413 g/mol. The van der Waals surface area contributed by atoms with Crippen LogP contribution in [0.3, 0.4) is 0 Å². The average Bonchev–Trinajstić information content (AvgIpc) is 3.43. The van der Waals surface area contributed by atoms with Crippen molar-refractivity contribution in [1.82, 2.24) is 14.5 Å². The van der Waals surface area contributed by atoms with E-state index in [1.165, 1.54) is 4.90 Å². The van der Waals surface area contributed by atoms with Gasteiger partial charge in [-0.2, -0.15) is 0 Å². The number of nitrogens with one attached hydrogen (secondary N) is 1. The monoisotopic (exact) mass is 413 g/mol. The Morgan fingerprint density at radius 2 is 1.58 bits per heavy atom. The lowest BCUT2D eigenvalue weighted by Crippen LogP contribution is -2.26. The third kappa shape index (κ3) is 2.99. The van der Waals surface area contributed by atoms with E-state index in [0.29, 0.717) is 17.8 Å². The number of carbonyl (C=O) groups is 2. The standard InChI is InChI=1S/C25H23N3O3/c1-27-24(29)22(18-14-26-20-10-5-3-8-16(18)20)23(25(27)30)19-15-28(12-7-13-31-2)21-11-6-4-9-17(19)21/h3-6,8-11,14-15,26H,7,12-13H2,1-2H3. The molecule has 0 atom stereocenters. The maximum atomic E-state index is 13.3. The van der Waals surface area contributed by atoms with Gasteiger partial charge < -0.3 is 14.3 Å². The van der Waals surface area contributed by atoms with Crippen LogP contribution >= 0.6 is 0 Å². The smallest absolute Gasteiger partial charge is 0.261 e. The van der Waals surface area contributed by atoms with E-state index in [-0.39, 0.29) is 11.8 Å². The third-order valence-corrected chi connectivity index (χ3v) is 5.95. The van der Waals surface area contributed by atoms with E-state index in [1.807, 2.05) is 60.9 Å². The lowest BCUT2D eigenvalue weighted by atomic mass is 9.95. The Hall–Kier alpha value is -3.64. The van der Waals surface area contributed by atoms with Crippen molar-refractivity contribution in [3.63, 3.8) is 0 Å². The molecule has 0 radical (unpaired) electrons. The van der Waals surface area contributed by atoms with E-state index in [4.69, 9.17) is 4.74 Å². The highest BCUT2D eigenvalue weighted by Gasteiger charge is 2.39. The molecule has 1 N–H and O–H groups in total. The Morgan fingerprint density at radius 1 is 0.903 bits per heavy atom. The van der Waals surface area contributed by atoms with Gasteiger partial charge in [-0.15, -0.1) is 0 Å². The van der Waals surface area contributed by atoms with E-state index in [0.717, 1.165) is 45.9 Å². The molecule has 4 aromatic rings. The SMILES string of the molecule is COCCCn1cc(C2=C(c3c[nH]c4ccccc34)C(=O)N(C)C2=O)c2ccccc21. The van der Waals surface area contributed by atoms with Crippen molar-refractivity contribution >= 4 is 44.8 Å². The molecule has 0 aliphatic carbocycles. The molecule has 6 nitrogen and oxygen atoms in total. The third-order valence-electron chi connectivity index (χ3n) is 5.95. The van der Waals surface area contributed by atoms with Gasteiger partial charge in [-0.3, -0.25) is 14.5 Å². The molecule has 156 valence electrons. The first-order chi connectivity index (χ1) is 15.1. The van der Waals surface area contributed by atoms with Gasteiger partial charge in [-0.1, -0.05) is 36.4 Å². The van der Waals surface area contributed by atoms with E-state index >= 15 is 0 Å². The van der Waals surface area contributed by atoms with E-state index in [1.54, 1.807) is 14.2 Å². The summed E-state index contributed by atoms with van der Waals surface area (Å²) in [6.45, 7) is 1.42. The normalized spacial score (nSPS) is 14.6. The van der Waals surface area contributed by atoms with Crippen molar-refractivity contribution in [2.45, 2.75) is 13.0 Å². The number of H-pyrrole nitrogens is 1. The number of benzene rings is 2. The minimum absolute atomic E-state index is 0.273. The van der Waals surface area contributed by atoms with Crippen LogP contribution in [-0.2, 0) is 20.9 Å². The zero-order valence-corrected chi connectivity index (χ0v) is 17.5. The topological polar surface area (TPSA) is 67.3 Å². The van der Waals surface area contributed by atoms with Crippen molar-refractivity contribution in [1.29, 1.82) is 0 Å². The maximum absolute atomic E-state index is 13.3. The van der Waals surface area contributed by atoms with Crippen molar-refractivity contribution in [2.24, 2.45) is 0 Å². The number of methoxy groups -OCH3 is 1. The number of likely N-dealkylation sites (N-methyl/N-ethyl adjacent to an activating group) is 1. The number of nitrogens with zero attached hydrogens (tertiary/aromatic N) is 2. The quantitative estimate of drug-likeness (QED) is 0.383. The minimum Gasteiger partial charge on any atom is -0.385 e. The molecule has 0 unspecified atom stereocenters. The highest BCUT2D eigenvalue weighted by atomic mass is 16.5. The van der Waals surface area contributed by atoms with Crippen LogP contribution in [0.15, 0.2) is 60.9 Å². The highest BCUT2D eigenvalue weighted by molar-refractivity contribution is 6.50. The second-order valence-corrected chi connectivity index (χ2v) is 7.77. The molecule has 2 aromatic carbocycles. The number of para-hydroxylation sites is 2. The van der Waals surface area contributed by atoms with E-state index < -0.39 is 0 Å². The van der Waals surface area contributed by atoms with Gasteiger partial charge in [0.25, 0.3) is 11.8 Å². The van der Waals surface area contributed by atoms with Gasteiger partial charge in [-0.05, 0) is 18.6 Å².